The highest BCUT2D eigenvalue weighted by atomic mass is 16.6. The van der Waals surface area contributed by atoms with Crippen LogP contribution in [0.5, 0.6) is 0 Å². The minimum Gasteiger partial charge on any atom is -0.288 e. The quantitative estimate of drug-likeness (QED) is 0.557. The van der Waals surface area contributed by atoms with Crippen molar-refractivity contribution in [2.24, 2.45) is 4.99 Å². The van der Waals surface area contributed by atoms with Gasteiger partial charge in [0.2, 0.25) is 0 Å². The van der Waals surface area contributed by atoms with E-state index in [1.165, 1.54) is 18.2 Å². The third-order valence-electron chi connectivity index (χ3n) is 2.94. The molecule has 0 saturated heterocycles. The highest BCUT2D eigenvalue weighted by molar-refractivity contribution is 6.35. The van der Waals surface area contributed by atoms with E-state index in [1.807, 2.05) is 0 Å². The number of nitrogens with zero attached hydrogens (tertiary/aromatic N) is 2. The van der Waals surface area contributed by atoms with Gasteiger partial charge in [0.05, 0.1) is 17.0 Å². The van der Waals surface area contributed by atoms with Crippen molar-refractivity contribution >= 4 is 17.2 Å². The number of Topliss-reactive ketones (excluding diaryl/α,β-unsaturated/α-hetero) is 1. The monoisotopic (exact) mass is 240 g/mol. The predicted molar refractivity (Wildman–Crippen MR) is 65.9 cm³/mol. The Kier molecular flexibility index (Phi) is 2.19. The molecule has 1 aliphatic carbocycles. The maximum atomic E-state index is 12.2. The SMILES string of the molecule is O=C1C2=CC([N+](=O)[O-])C=CC2=Nc2ccccc21. The van der Waals surface area contributed by atoms with Crippen LogP contribution >= 0.6 is 0 Å². The van der Waals surface area contributed by atoms with Crippen LogP contribution in [-0.2, 0) is 0 Å². The highest BCUT2D eigenvalue weighted by Crippen LogP contribution is 2.30. The van der Waals surface area contributed by atoms with E-state index >= 15 is 0 Å². The van der Waals surface area contributed by atoms with Gasteiger partial charge in [-0.05, 0) is 24.3 Å². The van der Waals surface area contributed by atoms with Crippen molar-refractivity contribution in [3.05, 3.63) is 63.7 Å². The van der Waals surface area contributed by atoms with Crippen LogP contribution in [0, 0.1) is 10.1 Å². The van der Waals surface area contributed by atoms with Crippen LogP contribution in [0.2, 0.25) is 0 Å². The fourth-order valence-electron chi connectivity index (χ4n) is 2.05. The van der Waals surface area contributed by atoms with Gasteiger partial charge >= 0.3 is 0 Å². The summed E-state index contributed by atoms with van der Waals surface area (Å²) in [5.74, 6) is -0.202. The van der Waals surface area contributed by atoms with Crippen LogP contribution in [0.25, 0.3) is 0 Å². The molecule has 1 aromatic rings. The second kappa shape index (κ2) is 3.73. The van der Waals surface area contributed by atoms with E-state index in [2.05, 4.69) is 4.99 Å². The van der Waals surface area contributed by atoms with Crippen LogP contribution in [-0.4, -0.2) is 22.5 Å². The molecule has 0 saturated carbocycles. The number of hydrogen-bond acceptors (Lipinski definition) is 4. The molecule has 2 aliphatic rings. The molecule has 1 atom stereocenters. The summed E-state index contributed by atoms with van der Waals surface area (Å²) in [6.07, 6.45) is 4.33. The minimum atomic E-state index is -0.951. The second-order valence-corrected chi connectivity index (χ2v) is 4.06. The van der Waals surface area contributed by atoms with E-state index < -0.39 is 11.0 Å². The lowest BCUT2D eigenvalue weighted by Crippen LogP contribution is -2.25. The summed E-state index contributed by atoms with van der Waals surface area (Å²) in [5, 5.41) is 10.7. The van der Waals surface area contributed by atoms with E-state index in [1.54, 1.807) is 24.3 Å². The van der Waals surface area contributed by atoms with E-state index in [0.717, 1.165) is 0 Å². The van der Waals surface area contributed by atoms with E-state index in [-0.39, 0.29) is 5.78 Å². The van der Waals surface area contributed by atoms with Gasteiger partial charge in [-0.1, -0.05) is 12.1 Å². The summed E-state index contributed by atoms with van der Waals surface area (Å²) in [7, 11) is 0. The Morgan fingerprint density at radius 3 is 2.83 bits per heavy atom. The summed E-state index contributed by atoms with van der Waals surface area (Å²) in [6.45, 7) is 0. The molecule has 1 aliphatic heterocycles. The fraction of sp³-hybridized carbons (Fsp3) is 0.0769. The van der Waals surface area contributed by atoms with Crippen molar-refractivity contribution in [1.82, 2.24) is 0 Å². The van der Waals surface area contributed by atoms with E-state index in [0.29, 0.717) is 22.5 Å². The Morgan fingerprint density at radius 2 is 2.06 bits per heavy atom. The average molecular weight is 240 g/mol. The lowest BCUT2D eigenvalue weighted by molar-refractivity contribution is -0.496. The molecule has 0 amide bonds. The van der Waals surface area contributed by atoms with Crippen LogP contribution in [0.3, 0.4) is 0 Å². The summed E-state index contributed by atoms with van der Waals surface area (Å²) in [6, 6.07) is 6.04. The molecule has 0 N–H and O–H groups in total. The molecule has 0 radical (unpaired) electrons. The third-order valence-corrected chi connectivity index (χ3v) is 2.94. The lowest BCUT2D eigenvalue weighted by Gasteiger charge is -2.18. The molecule has 88 valence electrons. The molecule has 0 aromatic heterocycles. The first kappa shape index (κ1) is 10.6. The summed E-state index contributed by atoms with van der Waals surface area (Å²) in [5.41, 5.74) is 1.92. The third kappa shape index (κ3) is 1.48. The maximum absolute atomic E-state index is 12.2. The standard InChI is InChI=1S/C13H8N2O3/c16-13-9-3-1-2-4-11(9)14-12-6-5-8(15(17)18)7-10(12)13/h1-8H. The van der Waals surface area contributed by atoms with Crippen LogP contribution in [0.4, 0.5) is 5.69 Å². The number of para-hydroxylation sites is 1. The maximum Gasteiger partial charge on any atom is 0.250 e. The molecular weight excluding hydrogens is 232 g/mol. The molecule has 0 fully saturated rings. The zero-order valence-electron chi connectivity index (χ0n) is 9.24. The molecule has 0 spiro atoms. The number of rotatable bonds is 1. The van der Waals surface area contributed by atoms with Crippen molar-refractivity contribution in [3.63, 3.8) is 0 Å². The Labute approximate surface area is 102 Å². The topological polar surface area (TPSA) is 72.6 Å². The van der Waals surface area contributed by atoms with Gasteiger partial charge in [-0.3, -0.25) is 14.9 Å². The molecule has 0 bridgehead atoms. The van der Waals surface area contributed by atoms with E-state index in [4.69, 9.17) is 0 Å². The number of carbonyl (C=O) groups excluding carboxylic acids is 1. The van der Waals surface area contributed by atoms with Gasteiger partial charge in [-0.15, -0.1) is 0 Å². The van der Waals surface area contributed by atoms with Crippen molar-refractivity contribution in [2.45, 2.75) is 6.04 Å². The molecule has 5 nitrogen and oxygen atoms in total. The Hall–Kier alpha value is -2.56. The smallest absolute Gasteiger partial charge is 0.250 e. The molecule has 1 unspecified atom stereocenters. The number of carbonyl (C=O) groups is 1. The molecule has 1 aromatic carbocycles. The number of fused-ring (bicyclic) bond motifs is 2. The zero-order valence-corrected chi connectivity index (χ0v) is 9.24. The van der Waals surface area contributed by atoms with Gasteiger partial charge in [0.15, 0.2) is 5.78 Å². The Balaban J connectivity index is 2.15. The van der Waals surface area contributed by atoms with Crippen LogP contribution in [0.15, 0.2) is 53.1 Å². The van der Waals surface area contributed by atoms with Crippen molar-refractivity contribution in [2.75, 3.05) is 0 Å². The predicted octanol–water partition coefficient (Wildman–Crippen LogP) is 2.10. The summed E-state index contributed by atoms with van der Waals surface area (Å²) >= 11 is 0. The molecular formula is C13H8N2O3. The van der Waals surface area contributed by atoms with Crippen molar-refractivity contribution < 1.29 is 9.72 Å². The number of benzene rings is 1. The molecule has 5 heteroatoms. The summed E-state index contributed by atoms with van der Waals surface area (Å²) < 4.78 is 0. The van der Waals surface area contributed by atoms with Crippen LogP contribution in [0.1, 0.15) is 10.4 Å². The van der Waals surface area contributed by atoms with Gasteiger partial charge in [0, 0.05) is 16.6 Å². The first-order valence-corrected chi connectivity index (χ1v) is 5.43. The zero-order chi connectivity index (χ0) is 12.7. The Bertz CT molecular complexity index is 656. The Morgan fingerprint density at radius 1 is 1.28 bits per heavy atom. The molecule has 3 rings (SSSR count). The number of allylic oxidation sites excluding steroid dienone is 2. The largest absolute Gasteiger partial charge is 0.288 e. The molecule has 1 heterocycles. The van der Waals surface area contributed by atoms with Crippen LogP contribution < -0.4 is 0 Å². The van der Waals surface area contributed by atoms with Gasteiger partial charge in [0.25, 0.3) is 6.04 Å². The van der Waals surface area contributed by atoms with Crippen molar-refractivity contribution in [3.8, 4) is 0 Å². The fourth-order valence-corrected chi connectivity index (χ4v) is 2.05. The van der Waals surface area contributed by atoms with E-state index in [9.17, 15) is 14.9 Å². The normalized spacial score (nSPS) is 20.7. The number of ketones is 1. The minimum absolute atomic E-state index is 0.202. The first-order chi connectivity index (χ1) is 8.66. The van der Waals surface area contributed by atoms with Crippen molar-refractivity contribution in [1.29, 1.82) is 0 Å². The van der Waals surface area contributed by atoms with Gasteiger partial charge in [0.1, 0.15) is 0 Å². The number of hydrogen-bond donors (Lipinski definition) is 0. The summed E-state index contributed by atoms with van der Waals surface area (Å²) in [4.78, 5) is 26.8. The number of nitro groups is 1. The lowest BCUT2D eigenvalue weighted by atomic mass is 9.90. The first-order valence-electron chi connectivity index (χ1n) is 5.43. The number of aliphatic imine (C=N–C) groups is 1. The highest BCUT2D eigenvalue weighted by Gasteiger charge is 2.29. The molecule has 18 heavy (non-hydrogen) atoms. The average Bonchev–Trinajstić information content (AvgIpc) is 2.38. The second-order valence-electron chi connectivity index (χ2n) is 4.06. The van der Waals surface area contributed by atoms with Gasteiger partial charge < -0.3 is 0 Å². The van der Waals surface area contributed by atoms with Gasteiger partial charge in [-0.25, -0.2) is 4.99 Å². The van der Waals surface area contributed by atoms with Gasteiger partial charge in [-0.2, -0.15) is 0 Å².